The highest BCUT2D eigenvalue weighted by atomic mass is 16.2. The lowest BCUT2D eigenvalue weighted by atomic mass is 10.1. The Morgan fingerprint density at radius 2 is 2.09 bits per heavy atom. The molecule has 1 aromatic heterocycles. The molecule has 1 amide bonds. The second-order valence-corrected chi connectivity index (χ2v) is 5.34. The van der Waals surface area contributed by atoms with Crippen molar-refractivity contribution in [3.8, 4) is 0 Å². The van der Waals surface area contributed by atoms with Crippen molar-refractivity contribution < 1.29 is 9.59 Å². The number of aromatic nitrogens is 2. The van der Waals surface area contributed by atoms with Gasteiger partial charge in [0.2, 0.25) is 5.91 Å². The average Bonchev–Trinajstić information content (AvgIpc) is 2.49. The number of hydrogen-bond acceptors (Lipinski definition) is 6. The van der Waals surface area contributed by atoms with Crippen LogP contribution in [0.3, 0.4) is 0 Å². The van der Waals surface area contributed by atoms with E-state index in [1.165, 1.54) is 4.90 Å². The van der Waals surface area contributed by atoms with Crippen LogP contribution in [0.5, 0.6) is 0 Å². The van der Waals surface area contributed by atoms with Gasteiger partial charge in [0.15, 0.2) is 5.78 Å². The second kappa shape index (κ2) is 8.18. The molecule has 0 unspecified atom stereocenters. The maximum absolute atomic E-state index is 12.3. The fraction of sp³-hybridized carbons (Fsp3) is 0.500. The molecular formula is C14H21N5O4. The van der Waals surface area contributed by atoms with Gasteiger partial charge in [-0.2, -0.15) is 0 Å². The Hall–Kier alpha value is -2.55. The van der Waals surface area contributed by atoms with E-state index < -0.39 is 17.2 Å². The number of hydrogen-bond donors (Lipinski definition) is 3. The Labute approximate surface area is 132 Å². The highest BCUT2D eigenvalue weighted by Crippen LogP contribution is 2.00. The quantitative estimate of drug-likeness (QED) is 0.501. The second-order valence-electron chi connectivity index (χ2n) is 5.34. The molecule has 0 saturated carbocycles. The van der Waals surface area contributed by atoms with Crippen molar-refractivity contribution in [2.75, 3.05) is 19.6 Å². The van der Waals surface area contributed by atoms with Gasteiger partial charge >= 0.3 is 5.69 Å². The van der Waals surface area contributed by atoms with Crippen LogP contribution >= 0.6 is 0 Å². The van der Waals surface area contributed by atoms with E-state index in [0.717, 1.165) is 17.0 Å². The molecule has 0 aliphatic carbocycles. The summed E-state index contributed by atoms with van der Waals surface area (Å²) in [5.41, 5.74) is 3.97. The van der Waals surface area contributed by atoms with Crippen LogP contribution in [-0.4, -0.2) is 52.0 Å². The zero-order valence-corrected chi connectivity index (χ0v) is 13.2. The largest absolute Gasteiger partial charge is 0.333 e. The SMILES string of the molecule is CC(C)C(=O)CN(CCN)C(=O)Cn1cc(C=N)c(=O)[nH]c1=O. The van der Waals surface area contributed by atoms with Gasteiger partial charge < -0.3 is 16.0 Å². The first-order valence-electron chi connectivity index (χ1n) is 7.15. The summed E-state index contributed by atoms with van der Waals surface area (Å²) in [5, 5.41) is 7.11. The lowest BCUT2D eigenvalue weighted by Gasteiger charge is -2.22. The fourth-order valence-electron chi connectivity index (χ4n) is 1.81. The van der Waals surface area contributed by atoms with Crippen molar-refractivity contribution >= 4 is 17.9 Å². The molecule has 1 rings (SSSR count). The Morgan fingerprint density at radius 3 is 2.61 bits per heavy atom. The molecular weight excluding hydrogens is 302 g/mol. The van der Waals surface area contributed by atoms with Crippen molar-refractivity contribution in [1.29, 1.82) is 5.41 Å². The summed E-state index contributed by atoms with van der Waals surface area (Å²) in [6, 6.07) is 0. The number of amides is 1. The van der Waals surface area contributed by atoms with E-state index in [9.17, 15) is 19.2 Å². The molecule has 1 heterocycles. The zero-order chi connectivity index (χ0) is 17.6. The molecule has 1 aromatic rings. The van der Waals surface area contributed by atoms with Crippen LogP contribution in [0.4, 0.5) is 0 Å². The molecule has 0 aliphatic heterocycles. The number of H-pyrrole nitrogens is 1. The summed E-state index contributed by atoms with van der Waals surface area (Å²) in [6.07, 6.45) is 1.93. The van der Waals surface area contributed by atoms with Crippen molar-refractivity contribution in [3.05, 3.63) is 32.6 Å². The number of carbonyl (C=O) groups excluding carboxylic acids is 2. The van der Waals surface area contributed by atoms with Gasteiger partial charge in [0.25, 0.3) is 5.56 Å². The molecule has 0 bridgehead atoms. The molecule has 0 saturated heterocycles. The third-order valence-electron chi connectivity index (χ3n) is 3.24. The van der Waals surface area contributed by atoms with Crippen LogP contribution in [0.15, 0.2) is 15.8 Å². The molecule has 0 aromatic carbocycles. The molecule has 0 fully saturated rings. The number of nitrogens with one attached hydrogen (secondary N) is 2. The zero-order valence-electron chi connectivity index (χ0n) is 13.2. The predicted octanol–water partition coefficient (Wildman–Crippen LogP) is -1.45. The molecule has 9 nitrogen and oxygen atoms in total. The van der Waals surface area contributed by atoms with E-state index in [4.69, 9.17) is 11.1 Å². The number of nitrogens with two attached hydrogens (primary N) is 1. The Bertz CT molecular complexity index is 704. The highest BCUT2D eigenvalue weighted by Gasteiger charge is 2.19. The summed E-state index contributed by atoms with van der Waals surface area (Å²) in [6.45, 7) is 3.41. The monoisotopic (exact) mass is 323 g/mol. The lowest BCUT2D eigenvalue weighted by Crippen LogP contribution is -2.44. The standard InChI is InChI=1S/C14H21N5O4/c1-9(2)11(20)7-18(4-3-15)12(21)8-19-6-10(5-16)13(22)17-14(19)23/h5-6,9,16H,3-4,7-8,15H2,1-2H3,(H,17,22,23). The number of ketones is 1. The van der Waals surface area contributed by atoms with E-state index in [2.05, 4.69) is 0 Å². The Balaban J connectivity index is 2.99. The van der Waals surface area contributed by atoms with Crippen LogP contribution in [0.1, 0.15) is 19.4 Å². The van der Waals surface area contributed by atoms with Gasteiger partial charge in [0.05, 0.1) is 12.1 Å². The van der Waals surface area contributed by atoms with Gasteiger partial charge in [-0.1, -0.05) is 13.8 Å². The number of Topliss-reactive ketones (excluding diaryl/α,β-unsaturated/α-hetero) is 1. The first-order valence-corrected chi connectivity index (χ1v) is 7.15. The van der Waals surface area contributed by atoms with Crippen molar-refractivity contribution in [2.45, 2.75) is 20.4 Å². The molecule has 0 radical (unpaired) electrons. The maximum Gasteiger partial charge on any atom is 0.328 e. The van der Waals surface area contributed by atoms with Crippen LogP contribution in [0, 0.1) is 11.3 Å². The van der Waals surface area contributed by atoms with Crippen LogP contribution in [-0.2, 0) is 16.1 Å². The molecule has 0 aliphatic rings. The molecule has 9 heteroatoms. The van der Waals surface area contributed by atoms with Gasteiger partial charge in [0, 0.05) is 31.4 Å². The van der Waals surface area contributed by atoms with Gasteiger partial charge in [-0.25, -0.2) is 4.79 Å². The summed E-state index contributed by atoms with van der Waals surface area (Å²) in [7, 11) is 0. The van der Waals surface area contributed by atoms with Crippen molar-refractivity contribution in [1.82, 2.24) is 14.5 Å². The number of carbonyl (C=O) groups is 2. The van der Waals surface area contributed by atoms with Crippen LogP contribution in [0.25, 0.3) is 0 Å². The first kappa shape index (κ1) is 18.5. The van der Waals surface area contributed by atoms with E-state index in [0.29, 0.717) is 0 Å². The van der Waals surface area contributed by atoms with Crippen LogP contribution in [0.2, 0.25) is 0 Å². The average molecular weight is 323 g/mol. The highest BCUT2D eigenvalue weighted by molar-refractivity contribution is 5.87. The fourth-order valence-corrected chi connectivity index (χ4v) is 1.81. The van der Waals surface area contributed by atoms with Crippen molar-refractivity contribution in [3.63, 3.8) is 0 Å². The molecule has 0 spiro atoms. The summed E-state index contributed by atoms with van der Waals surface area (Å²) in [4.78, 5) is 50.6. The Morgan fingerprint density at radius 1 is 1.43 bits per heavy atom. The van der Waals surface area contributed by atoms with E-state index in [1.807, 2.05) is 4.98 Å². The van der Waals surface area contributed by atoms with Crippen LogP contribution < -0.4 is 17.0 Å². The molecule has 0 atom stereocenters. The minimum Gasteiger partial charge on any atom is -0.333 e. The van der Waals surface area contributed by atoms with E-state index in [-0.39, 0.29) is 43.4 Å². The summed E-state index contributed by atoms with van der Waals surface area (Å²) in [5.74, 6) is -0.793. The van der Waals surface area contributed by atoms with E-state index in [1.54, 1.807) is 13.8 Å². The molecule has 126 valence electrons. The van der Waals surface area contributed by atoms with E-state index >= 15 is 0 Å². The molecule has 4 N–H and O–H groups in total. The number of rotatable bonds is 8. The number of aromatic amines is 1. The molecule has 23 heavy (non-hydrogen) atoms. The van der Waals surface area contributed by atoms with Crippen molar-refractivity contribution in [2.24, 2.45) is 11.7 Å². The third kappa shape index (κ3) is 4.99. The number of nitrogens with zero attached hydrogens (tertiary/aromatic N) is 2. The van der Waals surface area contributed by atoms with Gasteiger partial charge in [-0.15, -0.1) is 0 Å². The van der Waals surface area contributed by atoms with Gasteiger partial charge in [0.1, 0.15) is 6.54 Å². The first-order chi connectivity index (χ1) is 10.8. The topological polar surface area (TPSA) is 142 Å². The minimum absolute atomic E-state index is 0.0407. The third-order valence-corrected chi connectivity index (χ3v) is 3.24. The smallest absolute Gasteiger partial charge is 0.328 e. The maximum atomic E-state index is 12.3. The Kier molecular flexibility index (Phi) is 6.58. The predicted molar refractivity (Wildman–Crippen MR) is 84.7 cm³/mol. The summed E-state index contributed by atoms with van der Waals surface area (Å²) < 4.78 is 0.994. The lowest BCUT2D eigenvalue weighted by molar-refractivity contribution is -0.136. The normalized spacial score (nSPS) is 10.6. The minimum atomic E-state index is -0.753. The van der Waals surface area contributed by atoms with Gasteiger partial charge in [-0.3, -0.25) is 23.9 Å². The van der Waals surface area contributed by atoms with Gasteiger partial charge in [-0.05, 0) is 0 Å². The summed E-state index contributed by atoms with van der Waals surface area (Å²) >= 11 is 0.